The van der Waals surface area contributed by atoms with Gasteiger partial charge in [-0.2, -0.15) is 0 Å². The Kier molecular flexibility index (Phi) is 9.09. The third-order valence-electron chi connectivity index (χ3n) is 6.49. The third kappa shape index (κ3) is 7.39. The van der Waals surface area contributed by atoms with Gasteiger partial charge >= 0.3 is 5.97 Å². The minimum atomic E-state index is -0.885. The Morgan fingerprint density at radius 1 is 0.789 bits per heavy atom. The number of benzene rings is 4. The molecule has 0 aromatic heterocycles. The summed E-state index contributed by atoms with van der Waals surface area (Å²) >= 11 is 1.46. The van der Waals surface area contributed by atoms with E-state index < -0.39 is 5.97 Å². The van der Waals surface area contributed by atoms with Crippen molar-refractivity contribution in [2.75, 3.05) is 4.90 Å². The second kappa shape index (κ2) is 12.7. The van der Waals surface area contributed by atoms with Crippen molar-refractivity contribution in [1.82, 2.24) is 0 Å². The Morgan fingerprint density at radius 3 is 1.82 bits per heavy atom. The van der Waals surface area contributed by atoms with Crippen LogP contribution in [-0.4, -0.2) is 11.1 Å². The van der Waals surface area contributed by atoms with Crippen LogP contribution in [0.1, 0.15) is 43.4 Å². The zero-order valence-corrected chi connectivity index (χ0v) is 23.1. The fraction of sp³-hybridized carbons (Fsp3) is 0.206. The molecule has 0 fully saturated rings. The van der Waals surface area contributed by atoms with Gasteiger partial charge in [-0.1, -0.05) is 124 Å². The van der Waals surface area contributed by atoms with E-state index >= 15 is 0 Å². The van der Waals surface area contributed by atoms with Crippen molar-refractivity contribution in [2.24, 2.45) is 5.41 Å². The van der Waals surface area contributed by atoms with E-state index in [-0.39, 0.29) is 11.3 Å². The van der Waals surface area contributed by atoms with Crippen LogP contribution >= 0.6 is 11.8 Å². The lowest BCUT2D eigenvalue weighted by Crippen LogP contribution is -2.26. The van der Waals surface area contributed by atoms with Crippen molar-refractivity contribution in [3.63, 3.8) is 0 Å². The van der Waals surface area contributed by atoms with Crippen LogP contribution in [0.4, 0.5) is 5.69 Å². The second-order valence-electron chi connectivity index (χ2n) is 10.5. The number of carboxylic acid groups (broad SMARTS) is 1. The molecular weight excluding hydrogens is 486 g/mol. The van der Waals surface area contributed by atoms with E-state index in [4.69, 9.17) is 0 Å². The number of nitrogens with zero attached hydrogens (tertiary/aromatic N) is 1. The molecule has 1 atom stereocenters. The molecule has 38 heavy (non-hydrogen) atoms. The van der Waals surface area contributed by atoms with E-state index in [0.717, 1.165) is 29.2 Å². The molecule has 0 aliphatic carbocycles. The summed E-state index contributed by atoms with van der Waals surface area (Å²) < 4.78 is 0. The molecule has 0 saturated heterocycles. The van der Waals surface area contributed by atoms with Crippen LogP contribution in [0.5, 0.6) is 0 Å². The minimum Gasteiger partial charge on any atom is -0.478 e. The van der Waals surface area contributed by atoms with E-state index in [9.17, 15) is 9.90 Å². The molecule has 4 heteroatoms. The topological polar surface area (TPSA) is 40.5 Å². The smallest absolute Gasteiger partial charge is 0.332 e. The largest absolute Gasteiger partial charge is 0.478 e. The molecule has 4 aromatic rings. The maximum Gasteiger partial charge on any atom is 0.332 e. The predicted molar refractivity (Wildman–Crippen MR) is 159 cm³/mol. The average Bonchev–Trinajstić information content (AvgIpc) is 2.91. The van der Waals surface area contributed by atoms with Gasteiger partial charge < -0.3 is 10.0 Å². The number of anilines is 1. The van der Waals surface area contributed by atoms with Crippen molar-refractivity contribution < 1.29 is 9.90 Å². The molecule has 4 rings (SSSR count). The summed E-state index contributed by atoms with van der Waals surface area (Å²) in [5.74, 6) is -1.17. The van der Waals surface area contributed by atoms with Gasteiger partial charge in [-0.25, -0.2) is 4.79 Å². The summed E-state index contributed by atoms with van der Waals surface area (Å²) in [5.41, 5.74) is 4.64. The van der Waals surface area contributed by atoms with Gasteiger partial charge in [0, 0.05) is 29.6 Å². The lowest BCUT2D eigenvalue weighted by molar-refractivity contribution is -0.133. The quantitative estimate of drug-likeness (QED) is 0.167. The van der Waals surface area contributed by atoms with Crippen LogP contribution in [0.3, 0.4) is 0 Å². The summed E-state index contributed by atoms with van der Waals surface area (Å²) in [6.45, 7) is 7.84. The van der Waals surface area contributed by atoms with E-state index in [0.29, 0.717) is 5.57 Å². The van der Waals surface area contributed by atoms with Crippen LogP contribution in [0.2, 0.25) is 0 Å². The van der Waals surface area contributed by atoms with Gasteiger partial charge in [0.05, 0.1) is 5.57 Å². The number of thioether (sulfide) groups is 1. The highest BCUT2D eigenvalue weighted by atomic mass is 32.2. The summed E-state index contributed by atoms with van der Waals surface area (Å²) in [7, 11) is 0. The lowest BCUT2D eigenvalue weighted by Gasteiger charge is -2.33. The molecule has 0 unspecified atom stereocenters. The number of carbonyl (C=O) groups is 1. The van der Waals surface area contributed by atoms with E-state index in [1.807, 2.05) is 47.9 Å². The van der Waals surface area contributed by atoms with Crippen molar-refractivity contribution in [1.29, 1.82) is 0 Å². The number of hydrogen-bond donors (Lipinski definition) is 1. The van der Waals surface area contributed by atoms with Crippen LogP contribution in [0, 0.1) is 5.41 Å². The molecule has 0 spiro atoms. The van der Waals surface area contributed by atoms with Crippen LogP contribution in [-0.2, 0) is 17.9 Å². The molecule has 0 heterocycles. The molecule has 1 N–H and O–H groups in total. The predicted octanol–water partition coefficient (Wildman–Crippen LogP) is 8.78. The molecule has 0 bridgehead atoms. The van der Waals surface area contributed by atoms with Gasteiger partial charge in [-0.15, -0.1) is 0 Å². The number of carboxylic acids is 1. The van der Waals surface area contributed by atoms with Crippen molar-refractivity contribution >= 4 is 23.4 Å². The average molecular weight is 522 g/mol. The highest BCUT2D eigenvalue weighted by molar-refractivity contribution is 8.02. The summed E-state index contributed by atoms with van der Waals surface area (Å²) in [5, 5.41) is 12.1. The van der Waals surface area contributed by atoms with Crippen LogP contribution in [0.15, 0.2) is 131 Å². The highest BCUT2D eigenvalue weighted by Gasteiger charge is 2.33. The molecule has 0 aliphatic rings. The molecule has 0 saturated carbocycles. The summed E-state index contributed by atoms with van der Waals surface area (Å²) in [6.07, 6.45) is 0. The van der Waals surface area contributed by atoms with Crippen LogP contribution in [0.25, 0.3) is 0 Å². The van der Waals surface area contributed by atoms with Gasteiger partial charge in [0.1, 0.15) is 0 Å². The fourth-order valence-electron chi connectivity index (χ4n) is 4.77. The van der Waals surface area contributed by atoms with Gasteiger partial charge in [-0.05, 0) is 51.8 Å². The Hall–Kier alpha value is -3.76. The van der Waals surface area contributed by atoms with Crippen molar-refractivity contribution in [2.45, 2.75) is 44.7 Å². The summed E-state index contributed by atoms with van der Waals surface area (Å²) in [4.78, 5) is 16.0. The molecule has 3 nitrogen and oxygen atoms in total. The maximum atomic E-state index is 12.6. The number of aliphatic carboxylic acids is 1. The molecule has 0 radical (unpaired) electrons. The number of hydrogen-bond acceptors (Lipinski definition) is 3. The maximum absolute atomic E-state index is 12.6. The van der Waals surface area contributed by atoms with Gasteiger partial charge in [-0.3, -0.25) is 0 Å². The second-order valence-corrected chi connectivity index (χ2v) is 11.5. The standard InChI is InChI=1S/C34H35NO2S/c1-34(2,3)32(31(33(36)37)25-38-30-20-11-6-12-21-30)28-18-13-19-29(22-28)35(23-26-14-7-4-8-15-26)24-27-16-9-5-10-17-27/h4-22,25,32H,23-24H2,1-3H3,(H,36,37)/t32-/m1/s1. The fourth-order valence-corrected chi connectivity index (χ4v) is 5.58. The van der Waals surface area contributed by atoms with Gasteiger partial charge in [0.2, 0.25) is 0 Å². The highest BCUT2D eigenvalue weighted by Crippen LogP contribution is 2.43. The molecular formula is C34H35NO2S. The molecule has 0 amide bonds. The Labute approximate surface area is 230 Å². The Balaban J connectivity index is 1.73. The van der Waals surface area contributed by atoms with Gasteiger partial charge in [0.25, 0.3) is 0 Å². The lowest BCUT2D eigenvalue weighted by atomic mass is 9.72. The first-order chi connectivity index (χ1) is 18.3. The normalized spacial score (nSPS) is 12.7. The first-order valence-corrected chi connectivity index (χ1v) is 13.8. The van der Waals surface area contributed by atoms with E-state index in [2.05, 4.69) is 98.5 Å². The van der Waals surface area contributed by atoms with Crippen LogP contribution < -0.4 is 4.90 Å². The zero-order chi connectivity index (χ0) is 27.0. The van der Waals surface area contributed by atoms with E-state index in [1.165, 1.54) is 22.9 Å². The first kappa shape index (κ1) is 27.3. The third-order valence-corrected chi connectivity index (χ3v) is 7.41. The van der Waals surface area contributed by atoms with E-state index in [1.54, 1.807) is 0 Å². The van der Waals surface area contributed by atoms with Gasteiger partial charge in [0.15, 0.2) is 0 Å². The monoisotopic (exact) mass is 521 g/mol. The zero-order valence-electron chi connectivity index (χ0n) is 22.2. The molecule has 4 aromatic carbocycles. The first-order valence-electron chi connectivity index (χ1n) is 12.9. The number of rotatable bonds is 10. The molecule has 0 aliphatic heterocycles. The van der Waals surface area contributed by atoms with Crippen molar-refractivity contribution in [3.05, 3.63) is 143 Å². The minimum absolute atomic E-state index is 0.286. The Bertz CT molecular complexity index is 1300. The molecule has 194 valence electrons. The van der Waals surface area contributed by atoms with Crippen molar-refractivity contribution in [3.8, 4) is 0 Å². The Morgan fingerprint density at radius 2 is 1.32 bits per heavy atom. The SMILES string of the molecule is CC(C)(C)[C@@H](C(=CSc1ccccc1)C(=O)O)c1cccc(N(Cc2ccccc2)Cc2ccccc2)c1. The summed E-state index contributed by atoms with van der Waals surface area (Å²) in [6, 6.07) is 39.2.